The average Bonchev–Trinajstić information content (AvgIpc) is 4.02. The third-order valence-electron chi connectivity index (χ3n) is 14.3. The fourth-order valence-electron chi connectivity index (χ4n) is 9.77. The predicted octanol–water partition coefficient (Wildman–Crippen LogP) is 2.80. The summed E-state index contributed by atoms with van der Waals surface area (Å²) in [6.45, 7) is 14.9. The van der Waals surface area contributed by atoms with Crippen molar-refractivity contribution >= 4 is 53.3 Å². The van der Waals surface area contributed by atoms with E-state index >= 15 is 0 Å². The Morgan fingerprint density at radius 1 is 0.731 bits per heavy atom. The van der Waals surface area contributed by atoms with Crippen LogP contribution in [0, 0.1) is 23.7 Å². The van der Waals surface area contributed by atoms with E-state index in [-0.39, 0.29) is 127 Å². The number of methoxy groups -OCH3 is 2. The number of amides is 7. The lowest BCUT2D eigenvalue weighted by molar-refractivity contribution is -0.198. The highest BCUT2D eigenvalue weighted by molar-refractivity contribution is 6.01. The molecule has 2 saturated heterocycles. The number of imide groups is 1. The number of carbonyl (C=O) groups is 9. The van der Waals surface area contributed by atoms with Gasteiger partial charge in [0.25, 0.3) is 11.8 Å². The van der Waals surface area contributed by atoms with Gasteiger partial charge >= 0.3 is 11.9 Å². The quantitative estimate of drug-likeness (QED) is 0.0638. The van der Waals surface area contributed by atoms with Crippen LogP contribution in [0.4, 0.5) is 0 Å². The highest BCUT2D eigenvalue weighted by Gasteiger charge is 2.44. The van der Waals surface area contributed by atoms with E-state index in [9.17, 15) is 48.3 Å². The lowest BCUT2D eigenvalue weighted by Crippen LogP contribution is -2.60. The van der Waals surface area contributed by atoms with E-state index < -0.39 is 83.9 Å². The number of benzene rings is 1. The number of nitrogens with one attached hydrogen (secondary N) is 2. The second kappa shape index (κ2) is 34.4. The second-order valence-electron chi connectivity index (χ2n) is 20.6. The maximum atomic E-state index is 14.6. The molecule has 2 fully saturated rings. The van der Waals surface area contributed by atoms with Gasteiger partial charge in [0, 0.05) is 54.1 Å². The molecular weight excluding hydrogens is 1020 g/mol. The minimum atomic E-state index is -1.17. The number of carbonyl (C=O) groups excluding carboxylic acids is 8. The first-order valence-electron chi connectivity index (χ1n) is 27.2. The van der Waals surface area contributed by atoms with E-state index in [0.29, 0.717) is 30.9 Å². The van der Waals surface area contributed by atoms with Crippen molar-refractivity contribution in [3.05, 3.63) is 35.9 Å². The van der Waals surface area contributed by atoms with E-state index in [4.69, 9.17) is 33.3 Å². The molecule has 3 rings (SSSR count). The molecule has 23 nitrogen and oxygen atoms in total. The maximum absolute atomic E-state index is 14.6. The number of carboxylic acid groups (broad SMARTS) is 1. The molecule has 2 aliphatic rings. The number of aliphatic carboxylic acids is 1. The normalized spacial score (nSPS) is 17.7. The summed E-state index contributed by atoms with van der Waals surface area (Å²) in [6, 6.07) is 4.84. The molecule has 2 unspecified atom stereocenters. The molecule has 440 valence electrons. The largest absolute Gasteiger partial charge is 0.480 e. The summed E-state index contributed by atoms with van der Waals surface area (Å²) >= 11 is 0. The fraction of sp³-hybridized carbons (Fsp3) is 0.727. The van der Waals surface area contributed by atoms with Crippen molar-refractivity contribution in [1.82, 2.24) is 30.4 Å². The topological polar surface area (TPSA) is 275 Å². The number of ether oxygens (including phenoxy) is 6. The summed E-state index contributed by atoms with van der Waals surface area (Å²) in [7, 11) is 6.16. The standard InChI is InChI=1S/C55H88N6O17/c1-12-37(6)50(42(72-10)34-46(65)60-24-16-19-41(60)51(73-11)38(7)52(67)56-40(55(70)71)33-39-17-14-13-15-18-39)59(9)54(69)48(35(2)3)57-53(68)49(36(4)5)58(8)43(62)22-25-74-27-29-76-31-32-77-30-28-75-26-23-47(66)78-61-44(63)20-21-45(61)64/h13-15,17-18,35-38,40-42,48-51H,12,16,19-34H2,1-11H3,(H,56,67)(H,57,68)(H,70,71)/t37-,38+,40?,41-,42+,48-,49-,50?,51+/m0/s1. The zero-order valence-electron chi connectivity index (χ0n) is 47.7. The number of nitrogens with zero attached hydrogens (tertiary/aromatic N) is 4. The Balaban J connectivity index is 1.51. The van der Waals surface area contributed by atoms with Crippen LogP contribution in [0.2, 0.25) is 0 Å². The second-order valence-corrected chi connectivity index (χ2v) is 20.6. The Morgan fingerprint density at radius 3 is 1.81 bits per heavy atom. The van der Waals surface area contributed by atoms with E-state index in [1.165, 1.54) is 19.1 Å². The van der Waals surface area contributed by atoms with Crippen molar-refractivity contribution in [2.75, 3.05) is 87.7 Å². The number of hydrogen-bond donors (Lipinski definition) is 3. The van der Waals surface area contributed by atoms with Gasteiger partial charge in [-0.3, -0.25) is 33.6 Å². The fourth-order valence-corrected chi connectivity index (χ4v) is 9.77. The molecule has 1 aromatic carbocycles. The highest BCUT2D eigenvalue weighted by Crippen LogP contribution is 2.30. The van der Waals surface area contributed by atoms with Gasteiger partial charge in [-0.15, -0.1) is 5.06 Å². The minimum absolute atomic E-state index is 0.00755. The zero-order valence-corrected chi connectivity index (χ0v) is 47.7. The van der Waals surface area contributed by atoms with Gasteiger partial charge in [0.15, 0.2) is 0 Å². The summed E-state index contributed by atoms with van der Waals surface area (Å²) in [5.41, 5.74) is 0.756. The van der Waals surface area contributed by atoms with Crippen molar-refractivity contribution < 1.29 is 81.5 Å². The molecule has 2 heterocycles. The monoisotopic (exact) mass is 1100 g/mol. The third kappa shape index (κ3) is 20.6. The van der Waals surface area contributed by atoms with Crippen LogP contribution in [0.15, 0.2) is 30.3 Å². The lowest BCUT2D eigenvalue weighted by atomic mass is 9.89. The molecule has 23 heteroatoms. The molecule has 2 aliphatic heterocycles. The summed E-state index contributed by atoms with van der Waals surface area (Å²) in [4.78, 5) is 127. The van der Waals surface area contributed by atoms with Crippen molar-refractivity contribution in [3.63, 3.8) is 0 Å². The first-order chi connectivity index (χ1) is 37.1. The number of carboxylic acids is 1. The lowest BCUT2D eigenvalue weighted by Gasteiger charge is -2.41. The summed E-state index contributed by atoms with van der Waals surface area (Å²) in [6.07, 6.45) is 0.225. The maximum Gasteiger partial charge on any atom is 0.335 e. The number of likely N-dealkylation sites (N-methyl/N-ethyl adjacent to an activating group) is 2. The molecule has 78 heavy (non-hydrogen) atoms. The Kier molecular flexibility index (Phi) is 29.4. The molecule has 0 bridgehead atoms. The molecule has 3 N–H and O–H groups in total. The predicted molar refractivity (Wildman–Crippen MR) is 284 cm³/mol. The SMILES string of the molecule is CC[C@H](C)C([C@@H](CC(=O)N1CCC[C@H]1[C@H](OC)[C@@H](C)C(=O)NC(Cc1ccccc1)C(=O)O)OC)N(C)C(=O)[C@@H](NC(=O)[C@H](C(C)C)N(C)C(=O)CCOCCOCCOCCOCCC(=O)ON1C(=O)CCC1=O)C(C)C. The molecule has 0 saturated carbocycles. The van der Waals surface area contributed by atoms with E-state index in [0.717, 1.165) is 5.56 Å². The number of rotatable bonds is 37. The molecule has 0 radical (unpaired) electrons. The highest BCUT2D eigenvalue weighted by atomic mass is 16.7. The van der Waals surface area contributed by atoms with Crippen molar-refractivity contribution in [3.8, 4) is 0 Å². The number of hydroxylamine groups is 2. The average molecular weight is 1110 g/mol. The Labute approximate surface area is 459 Å². The Hall–Kier alpha value is -5.59. The first kappa shape index (κ1) is 66.7. The van der Waals surface area contributed by atoms with E-state index in [1.807, 2.05) is 47.6 Å². The van der Waals surface area contributed by atoms with E-state index in [1.54, 1.807) is 55.1 Å². The molecule has 0 aromatic heterocycles. The molecule has 7 amide bonds. The van der Waals surface area contributed by atoms with Crippen LogP contribution in [0.25, 0.3) is 0 Å². The molecule has 0 aliphatic carbocycles. The third-order valence-corrected chi connectivity index (χ3v) is 14.3. The molecule has 1 aromatic rings. The van der Waals surface area contributed by atoms with Crippen LogP contribution in [0.1, 0.15) is 105 Å². The number of hydrogen-bond acceptors (Lipinski definition) is 16. The van der Waals surface area contributed by atoms with Crippen LogP contribution in [0.3, 0.4) is 0 Å². The van der Waals surface area contributed by atoms with Crippen molar-refractivity contribution in [2.45, 2.75) is 149 Å². The van der Waals surface area contributed by atoms with Crippen LogP contribution in [-0.2, 0) is 82.8 Å². The van der Waals surface area contributed by atoms with Gasteiger partial charge in [0.05, 0.1) is 102 Å². The van der Waals surface area contributed by atoms with Gasteiger partial charge in [-0.2, -0.15) is 0 Å². The molecular formula is C55H88N6O17. The van der Waals surface area contributed by atoms with Gasteiger partial charge in [-0.25, -0.2) is 9.59 Å². The van der Waals surface area contributed by atoms with Gasteiger partial charge in [-0.1, -0.05) is 85.2 Å². The van der Waals surface area contributed by atoms with Crippen LogP contribution in [0.5, 0.6) is 0 Å². The summed E-state index contributed by atoms with van der Waals surface area (Å²) in [5, 5.41) is 16.1. The zero-order chi connectivity index (χ0) is 58.1. The van der Waals surface area contributed by atoms with Gasteiger partial charge in [0.1, 0.15) is 18.1 Å². The Bertz CT molecular complexity index is 2080. The Morgan fingerprint density at radius 2 is 1.29 bits per heavy atom. The summed E-state index contributed by atoms with van der Waals surface area (Å²) in [5.74, 6) is -6.64. The van der Waals surface area contributed by atoms with E-state index in [2.05, 4.69) is 10.6 Å². The number of likely N-dealkylation sites (tertiary alicyclic amines) is 1. The summed E-state index contributed by atoms with van der Waals surface area (Å²) < 4.78 is 33.9. The van der Waals surface area contributed by atoms with Gasteiger partial charge < -0.3 is 63.7 Å². The van der Waals surface area contributed by atoms with Crippen LogP contribution in [-0.4, -0.2) is 208 Å². The minimum Gasteiger partial charge on any atom is -0.480 e. The van der Waals surface area contributed by atoms with Gasteiger partial charge in [-0.05, 0) is 36.2 Å². The van der Waals surface area contributed by atoms with Crippen molar-refractivity contribution in [1.29, 1.82) is 0 Å². The first-order valence-corrected chi connectivity index (χ1v) is 27.2. The molecule has 0 spiro atoms. The van der Waals surface area contributed by atoms with Gasteiger partial charge in [0.2, 0.25) is 29.5 Å². The smallest absolute Gasteiger partial charge is 0.335 e. The molecule has 9 atom stereocenters. The van der Waals surface area contributed by atoms with Crippen LogP contribution < -0.4 is 10.6 Å². The van der Waals surface area contributed by atoms with Crippen molar-refractivity contribution in [2.24, 2.45) is 23.7 Å². The van der Waals surface area contributed by atoms with Crippen LogP contribution >= 0.6 is 0 Å².